The molecule has 0 saturated heterocycles. The molecule has 0 amide bonds. The summed E-state index contributed by atoms with van der Waals surface area (Å²) < 4.78 is 1.06. The monoisotopic (exact) mass is 300 g/mol. The van der Waals surface area contributed by atoms with Crippen LogP contribution in [0, 0.1) is 0 Å². The summed E-state index contributed by atoms with van der Waals surface area (Å²) in [6.07, 6.45) is 3.98. The molecule has 0 fully saturated rings. The third-order valence-electron chi connectivity index (χ3n) is 2.67. The number of carbonyl (C=O) groups excluding carboxylic acids is 1. The Bertz CT molecular complexity index is 582. The maximum absolute atomic E-state index is 11.5. The smallest absolute Gasteiger partial charge is 0.160 e. The summed E-state index contributed by atoms with van der Waals surface area (Å²) in [4.78, 5) is 11.5. The van der Waals surface area contributed by atoms with Crippen molar-refractivity contribution in [3.8, 4) is 0 Å². The summed E-state index contributed by atoms with van der Waals surface area (Å²) in [7, 11) is 0. The third-order valence-corrected chi connectivity index (χ3v) is 3.19. The van der Waals surface area contributed by atoms with Crippen molar-refractivity contribution in [2.45, 2.75) is 6.92 Å². The minimum atomic E-state index is 0.0889. The van der Waals surface area contributed by atoms with Gasteiger partial charge in [0.05, 0.1) is 0 Å². The van der Waals surface area contributed by atoms with Crippen molar-refractivity contribution >= 4 is 33.9 Å². The molecule has 0 unspecified atom stereocenters. The maximum Gasteiger partial charge on any atom is 0.160 e. The number of Topliss-reactive ketones (excluding diaryl/α,β-unsaturated/α-hetero) is 1. The summed E-state index contributed by atoms with van der Waals surface area (Å²) in [5.41, 5.74) is 2.82. The highest BCUT2D eigenvalue weighted by Crippen LogP contribution is 2.15. The van der Waals surface area contributed by atoms with Gasteiger partial charge in [-0.1, -0.05) is 64.5 Å². The number of benzene rings is 2. The molecule has 0 aliphatic heterocycles. The molecule has 0 radical (unpaired) electrons. The third kappa shape index (κ3) is 3.17. The van der Waals surface area contributed by atoms with Crippen LogP contribution in [0.4, 0.5) is 0 Å². The van der Waals surface area contributed by atoms with Crippen molar-refractivity contribution in [1.82, 2.24) is 0 Å². The van der Waals surface area contributed by atoms with Gasteiger partial charge in [0, 0.05) is 10.0 Å². The van der Waals surface area contributed by atoms with Crippen molar-refractivity contribution in [2.24, 2.45) is 0 Å². The number of hydrogen-bond acceptors (Lipinski definition) is 1. The molecular weight excluding hydrogens is 288 g/mol. The summed E-state index contributed by atoms with van der Waals surface area (Å²) in [5.74, 6) is 0.0889. The van der Waals surface area contributed by atoms with Crippen LogP contribution in [0.25, 0.3) is 12.2 Å². The van der Waals surface area contributed by atoms with E-state index in [-0.39, 0.29) is 5.78 Å². The summed E-state index contributed by atoms with van der Waals surface area (Å²) in [5, 5.41) is 0. The van der Waals surface area contributed by atoms with Crippen molar-refractivity contribution in [1.29, 1.82) is 0 Å². The van der Waals surface area contributed by atoms with Gasteiger partial charge in [-0.15, -0.1) is 0 Å². The fourth-order valence-corrected chi connectivity index (χ4v) is 1.99. The molecule has 2 rings (SSSR count). The first-order valence-electron chi connectivity index (χ1n) is 5.70. The highest BCUT2D eigenvalue weighted by atomic mass is 79.9. The highest BCUT2D eigenvalue weighted by molar-refractivity contribution is 9.10. The van der Waals surface area contributed by atoms with Crippen LogP contribution in [0.2, 0.25) is 0 Å². The normalized spacial score (nSPS) is 10.8. The average molecular weight is 301 g/mol. The van der Waals surface area contributed by atoms with Crippen LogP contribution in [0.15, 0.2) is 53.0 Å². The fraction of sp³-hybridized carbons (Fsp3) is 0.0625. The molecule has 0 aromatic heterocycles. The van der Waals surface area contributed by atoms with Gasteiger partial charge in [-0.25, -0.2) is 0 Å². The Hall–Kier alpha value is -1.67. The molecule has 2 heteroatoms. The van der Waals surface area contributed by atoms with E-state index < -0.39 is 0 Å². The summed E-state index contributed by atoms with van der Waals surface area (Å²) >= 11 is 3.40. The quantitative estimate of drug-likeness (QED) is 0.586. The maximum atomic E-state index is 11.5. The first-order valence-corrected chi connectivity index (χ1v) is 6.50. The molecule has 0 atom stereocenters. The van der Waals surface area contributed by atoms with Crippen molar-refractivity contribution in [2.75, 3.05) is 0 Å². The molecule has 2 aromatic rings. The number of carbonyl (C=O) groups is 1. The van der Waals surface area contributed by atoms with Crippen LogP contribution in [0.1, 0.15) is 28.4 Å². The molecule has 0 heterocycles. The Morgan fingerprint density at radius 3 is 2.33 bits per heavy atom. The molecule has 2 aromatic carbocycles. The second-order valence-electron chi connectivity index (χ2n) is 4.03. The van der Waals surface area contributed by atoms with E-state index in [1.165, 1.54) is 0 Å². The molecule has 0 spiro atoms. The van der Waals surface area contributed by atoms with Gasteiger partial charge in [0.25, 0.3) is 0 Å². The first-order chi connectivity index (χ1) is 8.66. The van der Waals surface area contributed by atoms with Crippen molar-refractivity contribution < 1.29 is 4.79 Å². The van der Waals surface area contributed by atoms with Crippen LogP contribution < -0.4 is 0 Å². The Labute approximate surface area is 115 Å². The Morgan fingerprint density at radius 2 is 1.67 bits per heavy atom. The minimum Gasteiger partial charge on any atom is -0.294 e. The number of halogens is 1. The van der Waals surface area contributed by atoms with E-state index in [0.717, 1.165) is 21.2 Å². The van der Waals surface area contributed by atoms with Crippen LogP contribution in [0.3, 0.4) is 0 Å². The molecular formula is C16H13BrO. The number of ketones is 1. The molecule has 0 N–H and O–H groups in total. The van der Waals surface area contributed by atoms with Crippen LogP contribution in [0.5, 0.6) is 0 Å². The zero-order valence-corrected chi connectivity index (χ0v) is 11.6. The van der Waals surface area contributed by atoms with Gasteiger partial charge >= 0.3 is 0 Å². The van der Waals surface area contributed by atoms with E-state index in [0.29, 0.717) is 0 Å². The van der Waals surface area contributed by atoms with Gasteiger partial charge in [0.2, 0.25) is 0 Å². The predicted molar refractivity (Wildman–Crippen MR) is 79.5 cm³/mol. The largest absolute Gasteiger partial charge is 0.294 e. The molecule has 0 bridgehead atoms. The van der Waals surface area contributed by atoms with E-state index in [1.807, 2.05) is 60.7 Å². The molecule has 18 heavy (non-hydrogen) atoms. The topological polar surface area (TPSA) is 17.1 Å². The SMILES string of the molecule is CC(=O)c1ccccc1/C=C/c1ccc(Br)cc1. The van der Waals surface area contributed by atoms with Crippen molar-refractivity contribution in [3.05, 3.63) is 69.7 Å². The van der Waals surface area contributed by atoms with Gasteiger partial charge in [-0.2, -0.15) is 0 Å². The Morgan fingerprint density at radius 1 is 1.00 bits per heavy atom. The minimum absolute atomic E-state index is 0.0889. The summed E-state index contributed by atoms with van der Waals surface area (Å²) in [6.45, 7) is 1.59. The van der Waals surface area contributed by atoms with Gasteiger partial charge < -0.3 is 0 Å². The van der Waals surface area contributed by atoms with Gasteiger partial charge in [0.15, 0.2) is 5.78 Å². The van der Waals surface area contributed by atoms with E-state index in [2.05, 4.69) is 15.9 Å². The van der Waals surface area contributed by atoms with Gasteiger partial charge in [0.1, 0.15) is 0 Å². The van der Waals surface area contributed by atoms with Crippen LogP contribution >= 0.6 is 15.9 Å². The van der Waals surface area contributed by atoms with E-state index in [1.54, 1.807) is 6.92 Å². The Balaban J connectivity index is 2.29. The first kappa shape index (κ1) is 12.8. The van der Waals surface area contributed by atoms with Gasteiger partial charge in [-0.3, -0.25) is 4.79 Å². The zero-order valence-electron chi connectivity index (χ0n) is 10.1. The van der Waals surface area contributed by atoms with Crippen molar-refractivity contribution in [3.63, 3.8) is 0 Å². The average Bonchev–Trinajstić information content (AvgIpc) is 2.38. The van der Waals surface area contributed by atoms with Crippen LogP contribution in [-0.2, 0) is 0 Å². The lowest BCUT2D eigenvalue weighted by Crippen LogP contribution is -1.94. The molecule has 0 aliphatic carbocycles. The van der Waals surface area contributed by atoms with E-state index in [4.69, 9.17) is 0 Å². The Kier molecular flexibility index (Phi) is 4.11. The lowest BCUT2D eigenvalue weighted by Gasteiger charge is -2.01. The molecule has 0 aliphatic rings. The lowest BCUT2D eigenvalue weighted by atomic mass is 10.0. The second kappa shape index (κ2) is 5.78. The summed E-state index contributed by atoms with van der Waals surface area (Å²) in [6, 6.07) is 15.7. The standard InChI is InChI=1S/C16H13BrO/c1-12(18)16-5-3-2-4-14(16)9-6-13-7-10-15(17)11-8-13/h2-11H,1H3/b9-6+. The molecule has 1 nitrogen and oxygen atoms in total. The lowest BCUT2D eigenvalue weighted by molar-refractivity contribution is 0.101. The van der Waals surface area contributed by atoms with Crippen LogP contribution in [-0.4, -0.2) is 5.78 Å². The predicted octanol–water partition coefficient (Wildman–Crippen LogP) is 4.82. The van der Waals surface area contributed by atoms with E-state index >= 15 is 0 Å². The highest BCUT2D eigenvalue weighted by Gasteiger charge is 2.02. The zero-order chi connectivity index (χ0) is 13.0. The number of rotatable bonds is 3. The van der Waals surface area contributed by atoms with Gasteiger partial charge in [-0.05, 0) is 30.2 Å². The molecule has 0 saturated carbocycles. The number of hydrogen-bond donors (Lipinski definition) is 0. The fourth-order valence-electron chi connectivity index (χ4n) is 1.72. The molecule has 90 valence electrons. The van der Waals surface area contributed by atoms with E-state index in [9.17, 15) is 4.79 Å². The second-order valence-corrected chi connectivity index (χ2v) is 4.94.